The van der Waals surface area contributed by atoms with Crippen LogP contribution in [0.2, 0.25) is 0 Å². The van der Waals surface area contributed by atoms with Gasteiger partial charge < -0.3 is 20.3 Å². The molecule has 23 heavy (non-hydrogen) atoms. The lowest BCUT2D eigenvalue weighted by molar-refractivity contribution is -0.127. The highest BCUT2D eigenvalue weighted by molar-refractivity contribution is 5.84. The number of hydrogen-bond acceptors (Lipinski definition) is 3. The van der Waals surface area contributed by atoms with Gasteiger partial charge in [0, 0.05) is 33.3 Å². The van der Waals surface area contributed by atoms with Crippen molar-refractivity contribution < 1.29 is 9.53 Å². The molecule has 1 unspecified atom stereocenters. The number of nitrogens with zero attached hydrogens (tertiary/aromatic N) is 2. The first-order valence-electron chi connectivity index (χ1n) is 9.02. The minimum absolute atomic E-state index is 0.0173. The molecule has 1 aliphatic heterocycles. The molecule has 0 bridgehead atoms. The third kappa shape index (κ3) is 6.77. The summed E-state index contributed by atoms with van der Waals surface area (Å²) in [6.07, 6.45) is 9.98. The largest absolute Gasteiger partial charge is 0.376 e. The quantitative estimate of drug-likeness (QED) is 0.594. The lowest BCUT2D eigenvalue weighted by atomic mass is 9.96. The molecule has 0 aromatic carbocycles. The SMILES string of the molecule is CN(C)C(=O)CN=C(NCC1CCCCO1)NC1CCCCC1. The Morgan fingerprint density at radius 3 is 2.52 bits per heavy atom. The van der Waals surface area contributed by atoms with E-state index >= 15 is 0 Å². The summed E-state index contributed by atoms with van der Waals surface area (Å²) in [5.41, 5.74) is 0. The molecule has 6 heteroatoms. The molecule has 0 radical (unpaired) electrons. The summed E-state index contributed by atoms with van der Waals surface area (Å²) in [5.74, 6) is 0.768. The van der Waals surface area contributed by atoms with Gasteiger partial charge in [0.25, 0.3) is 0 Å². The van der Waals surface area contributed by atoms with Crippen molar-refractivity contribution in [2.75, 3.05) is 33.8 Å². The summed E-state index contributed by atoms with van der Waals surface area (Å²) < 4.78 is 5.76. The van der Waals surface area contributed by atoms with Crippen molar-refractivity contribution in [2.24, 2.45) is 4.99 Å². The second kappa shape index (κ2) is 9.75. The standard InChI is InChI=1S/C17H32N4O2/c1-21(2)16(22)13-19-17(20-14-8-4-3-5-9-14)18-12-15-10-6-7-11-23-15/h14-15H,3-13H2,1-2H3,(H2,18,19,20). The van der Waals surface area contributed by atoms with Crippen LogP contribution in [0.5, 0.6) is 0 Å². The van der Waals surface area contributed by atoms with E-state index in [1.807, 2.05) is 0 Å². The van der Waals surface area contributed by atoms with E-state index in [0.717, 1.165) is 32.0 Å². The zero-order chi connectivity index (χ0) is 16.5. The maximum Gasteiger partial charge on any atom is 0.243 e. The second-order valence-electron chi connectivity index (χ2n) is 6.80. The molecule has 0 spiro atoms. The molecule has 6 nitrogen and oxygen atoms in total. The number of carbonyl (C=O) groups excluding carboxylic acids is 1. The summed E-state index contributed by atoms with van der Waals surface area (Å²) in [6, 6.07) is 0.469. The lowest BCUT2D eigenvalue weighted by Gasteiger charge is -2.27. The number of rotatable bonds is 5. The highest BCUT2D eigenvalue weighted by atomic mass is 16.5. The van der Waals surface area contributed by atoms with Crippen molar-refractivity contribution in [1.82, 2.24) is 15.5 Å². The Hall–Kier alpha value is -1.30. The Labute approximate surface area is 140 Å². The zero-order valence-corrected chi connectivity index (χ0v) is 14.6. The van der Waals surface area contributed by atoms with E-state index in [1.165, 1.54) is 38.5 Å². The molecule has 0 aromatic heterocycles. The van der Waals surface area contributed by atoms with Gasteiger partial charge in [0.2, 0.25) is 5.91 Å². The molecule has 1 saturated carbocycles. The van der Waals surface area contributed by atoms with Gasteiger partial charge in [-0.2, -0.15) is 0 Å². The fourth-order valence-electron chi connectivity index (χ4n) is 3.06. The van der Waals surface area contributed by atoms with Gasteiger partial charge in [0.15, 0.2) is 5.96 Å². The molecular weight excluding hydrogens is 292 g/mol. The van der Waals surface area contributed by atoms with E-state index in [9.17, 15) is 4.79 Å². The van der Waals surface area contributed by atoms with E-state index in [4.69, 9.17) is 4.74 Å². The van der Waals surface area contributed by atoms with E-state index in [2.05, 4.69) is 15.6 Å². The molecule has 2 fully saturated rings. The number of amides is 1. The van der Waals surface area contributed by atoms with Crippen LogP contribution in [0.15, 0.2) is 4.99 Å². The van der Waals surface area contributed by atoms with Crippen LogP contribution in [0.25, 0.3) is 0 Å². The molecule has 132 valence electrons. The minimum Gasteiger partial charge on any atom is -0.376 e. The number of nitrogens with one attached hydrogen (secondary N) is 2. The Kier molecular flexibility index (Phi) is 7.65. The van der Waals surface area contributed by atoms with Crippen LogP contribution in [0.3, 0.4) is 0 Å². The first-order valence-corrected chi connectivity index (χ1v) is 9.02. The van der Waals surface area contributed by atoms with Crippen LogP contribution in [-0.4, -0.2) is 62.7 Å². The number of carbonyl (C=O) groups is 1. The first-order chi connectivity index (χ1) is 11.1. The van der Waals surface area contributed by atoms with Gasteiger partial charge >= 0.3 is 0 Å². The molecule has 1 atom stereocenters. The Morgan fingerprint density at radius 1 is 1.13 bits per heavy atom. The normalized spacial score (nSPS) is 23.4. The van der Waals surface area contributed by atoms with Gasteiger partial charge in [-0.3, -0.25) is 4.79 Å². The first kappa shape index (κ1) is 18.0. The van der Waals surface area contributed by atoms with Crippen LogP contribution in [0.4, 0.5) is 0 Å². The summed E-state index contributed by atoms with van der Waals surface area (Å²) in [7, 11) is 3.52. The monoisotopic (exact) mass is 324 g/mol. The van der Waals surface area contributed by atoms with Gasteiger partial charge in [0.05, 0.1) is 6.10 Å². The predicted molar refractivity (Wildman–Crippen MR) is 92.6 cm³/mol. The molecule has 1 heterocycles. The maximum atomic E-state index is 11.8. The fourth-order valence-corrected chi connectivity index (χ4v) is 3.06. The van der Waals surface area contributed by atoms with E-state index in [1.54, 1.807) is 19.0 Å². The third-order valence-corrected chi connectivity index (χ3v) is 4.59. The van der Waals surface area contributed by atoms with Crippen LogP contribution in [0.1, 0.15) is 51.4 Å². The predicted octanol–water partition coefficient (Wildman–Crippen LogP) is 1.51. The highest BCUT2D eigenvalue weighted by Gasteiger charge is 2.17. The molecule has 2 aliphatic rings. The average molecular weight is 324 g/mol. The second-order valence-corrected chi connectivity index (χ2v) is 6.80. The van der Waals surface area contributed by atoms with Gasteiger partial charge in [-0.25, -0.2) is 4.99 Å². The molecule has 1 aliphatic carbocycles. The topological polar surface area (TPSA) is 66.0 Å². The van der Waals surface area contributed by atoms with Gasteiger partial charge in [0.1, 0.15) is 6.54 Å². The smallest absolute Gasteiger partial charge is 0.243 e. The van der Waals surface area contributed by atoms with Crippen molar-refractivity contribution >= 4 is 11.9 Å². The number of aliphatic imine (C=N–C) groups is 1. The summed E-state index contributed by atoms with van der Waals surface area (Å²) in [4.78, 5) is 17.8. The van der Waals surface area contributed by atoms with Crippen molar-refractivity contribution in [1.29, 1.82) is 0 Å². The van der Waals surface area contributed by atoms with Crippen molar-refractivity contribution in [3.63, 3.8) is 0 Å². The molecule has 1 amide bonds. The van der Waals surface area contributed by atoms with Crippen LogP contribution in [0, 0.1) is 0 Å². The number of guanidine groups is 1. The average Bonchev–Trinajstić information content (AvgIpc) is 2.58. The highest BCUT2D eigenvalue weighted by Crippen LogP contribution is 2.17. The van der Waals surface area contributed by atoms with Gasteiger partial charge in [-0.1, -0.05) is 19.3 Å². The van der Waals surface area contributed by atoms with Crippen LogP contribution >= 0.6 is 0 Å². The number of ether oxygens (including phenoxy) is 1. The van der Waals surface area contributed by atoms with Crippen molar-refractivity contribution in [2.45, 2.75) is 63.5 Å². The van der Waals surface area contributed by atoms with Crippen LogP contribution < -0.4 is 10.6 Å². The molecule has 2 N–H and O–H groups in total. The van der Waals surface area contributed by atoms with Crippen LogP contribution in [-0.2, 0) is 9.53 Å². The van der Waals surface area contributed by atoms with Crippen molar-refractivity contribution in [3.05, 3.63) is 0 Å². The molecule has 2 rings (SSSR count). The Bertz CT molecular complexity index is 386. The fraction of sp³-hybridized carbons (Fsp3) is 0.882. The zero-order valence-electron chi connectivity index (χ0n) is 14.6. The summed E-state index contributed by atoms with van der Waals surface area (Å²) in [5, 5.41) is 6.88. The minimum atomic E-state index is 0.0173. The van der Waals surface area contributed by atoms with Crippen molar-refractivity contribution in [3.8, 4) is 0 Å². The maximum absolute atomic E-state index is 11.8. The van der Waals surface area contributed by atoms with E-state index in [-0.39, 0.29) is 18.6 Å². The van der Waals surface area contributed by atoms with E-state index < -0.39 is 0 Å². The van der Waals surface area contributed by atoms with Gasteiger partial charge in [-0.15, -0.1) is 0 Å². The Balaban J connectivity index is 1.86. The summed E-state index contributed by atoms with van der Waals surface area (Å²) in [6.45, 7) is 1.79. The number of likely N-dealkylation sites (N-methyl/N-ethyl adjacent to an activating group) is 1. The molecule has 1 saturated heterocycles. The van der Waals surface area contributed by atoms with Gasteiger partial charge in [-0.05, 0) is 32.1 Å². The Morgan fingerprint density at radius 2 is 1.87 bits per heavy atom. The number of hydrogen-bond donors (Lipinski definition) is 2. The summed E-state index contributed by atoms with van der Waals surface area (Å²) >= 11 is 0. The molecule has 0 aromatic rings. The third-order valence-electron chi connectivity index (χ3n) is 4.59. The lowest BCUT2D eigenvalue weighted by Crippen LogP contribution is -2.47. The molecular formula is C17H32N4O2. The van der Waals surface area contributed by atoms with E-state index in [0.29, 0.717) is 6.04 Å².